The molecule has 0 N–H and O–H groups in total. The second-order valence-corrected chi connectivity index (χ2v) is 8.27. The lowest BCUT2D eigenvalue weighted by molar-refractivity contribution is 0.266. The monoisotopic (exact) mass is 333 g/mol. The van der Waals surface area contributed by atoms with Crippen LogP contribution in [0.1, 0.15) is 31.5 Å². The maximum atomic E-state index is 12.2. The first-order chi connectivity index (χ1) is 11.0. The summed E-state index contributed by atoms with van der Waals surface area (Å²) in [5, 5.41) is 0. The van der Waals surface area contributed by atoms with E-state index in [9.17, 15) is 8.42 Å². The Labute approximate surface area is 138 Å². The molecule has 1 aliphatic rings. The van der Waals surface area contributed by atoms with Crippen LogP contribution in [0.25, 0.3) is 11.4 Å². The van der Waals surface area contributed by atoms with Crippen molar-refractivity contribution in [3.63, 3.8) is 0 Å². The van der Waals surface area contributed by atoms with Crippen molar-refractivity contribution in [1.29, 1.82) is 0 Å². The van der Waals surface area contributed by atoms with Crippen molar-refractivity contribution in [3.8, 4) is 11.4 Å². The van der Waals surface area contributed by atoms with Gasteiger partial charge in [-0.25, -0.2) is 13.4 Å². The molecule has 2 aromatic rings. The van der Waals surface area contributed by atoms with Crippen LogP contribution in [0.4, 0.5) is 0 Å². The molecular formula is C17H23N3O2S. The SMILES string of the molecule is CCS(=O)(=O)N1CCCC(n2c(C)cnc2-c2ccccc2)C1. The minimum atomic E-state index is -3.14. The third kappa shape index (κ3) is 3.19. The van der Waals surface area contributed by atoms with Gasteiger partial charge in [-0.05, 0) is 26.7 Å². The summed E-state index contributed by atoms with van der Waals surface area (Å²) < 4.78 is 28.3. The standard InChI is InChI=1S/C17H23N3O2S/c1-3-23(21,22)19-11-7-10-16(13-19)20-14(2)12-18-17(20)15-8-5-4-6-9-15/h4-6,8-9,12,16H,3,7,10-11,13H2,1-2H3. The van der Waals surface area contributed by atoms with Gasteiger partial charge in [-0.2, -0.15) is 4.31 Å². The van der Waals surface area contributed by atoms with Gasteiger partial charge in [0.2, 0.25) is 10.0 Å². The highest BCUT2D eigenvalue weighted by Gasteiger charge is 2.30. The van der Waals surface area contributed by atoms with Gasteiger partial charge < -0.3 is 4.57 Å². The number of hydrogen-bond donors (Lipinski definition) is 0. The van der Waals surface area contributed by atoms with Crippen LogP contribution in [0.5, 0.6) is 0 Å². The molecule has 1 aliphatic heterocycles. The van der Waals surface area contributed by atoms with E-state index in [1.807, 2.05) is 43.5 Å². The zero-order valence-corrected chi connectivity index (χ0v) is 14.5. The van der Waals surface area contributed by atoms with Gasteiger partial charge >= 0.3 is 0 Å². The van der Waals surface area contributed by atoms with Crippen LogP contribution in [0.2, 0.25) is 0 Å². The lowest BCUT2D eigenvalue weighted by Gasteiger charge is -2.33. The van der Waals surface area contributed by atoms with Crippen molar-refractivity contribution in [2.45, 2.75) is 32.7 Å². The fraction of sp³-hybridized carbons (Fsp3) is 0.471. The maximum absolute atomic E-state index is 12.2. The average Bonchev–Trinajstić information content (AvgIpc) is 2.97. The molecule has 0 radical (unpaired) electrons. The Bertz CT molecular complexity index is 768. The number of hydrogen-bond acceptors (Lipinski definition) is 3. The molecule has 1 fully saturated rings. The van der Waals surface area contributed by atoms with Crippen LogP contribution in [0.3, 0.4) is 0 Å². The van der Waals surface area contributed by atoms with E-state index in [1.54, 1.807) is 11.2 Å². The van der Waals surface area contributed by atoms with E-state index in [0.29, 0.717) is 13.1 Å². The van der Waals surface area contributed by atoms with Crippen LogP contribution in [0.15, 0.2) is 36.5 Å². The van der Waals surface area contributed by atoms with Crippen molar-refractivity contribution < 1.29 is 8.42 Å². The number of piperidine rings is 1. The normalized spacial score (nSPS) is 19.8. The van der Waals surface area contributed by atoms with Gasteiger partial charge in [0.05, 0.1) is 5.75 Å². The van der Waals surface area contributed by atoms with E-state index < -0.39 is 10.0 Å². The zero-order chi connectivity index (χ0) is 16.4. The Hall–Kier alpha value is -1.66. The van der Waals surface area contributed by atoms with E-state index in [2.05, 4.69) is 9.55 Å². The summed E-state index contributed by atoms with van der Waals surface area (Å²) in [6, 6.07) is 10.2. The number of nitrogens with zero attached hydrogens (tertiary/aromatic N) is 3. The van der Waals surface area contributed by atoms with E-state index in [4.69, 9.17) is 0 Å². The molecule has 0 amide bonds. The molecule has 3 rings (SSSR count). The van der Waals surface area contributed by atoms with Crippen LogP contribution >= 0.6 is 0 Å². The minimum absolute atomic E-state index is 0.141. The number of aryl methyl sites for hydroxylation is 1. The molecule has 1 saturated heterocycles. The number of rotatable bonds is 4. The van der Waals surface area contributed by atoms with Gasteiger partial charge in [-0.1, -0.05) is 30.3 Å². The van der Waals surface area contributed by atoms with E-state index >= 15 is 0 Å². The van der Waals surface area contributed by atoms with Gasteiger partial charge in [0, 0.05) is 36.6 Å². The van der Waals surface area contributed by atoms with Gasteiger partial charge in [0.25, 0.3) is 0 Å². The molecular weight excluding hydrogens is 310 g/mol. The van der Waals surface area contributed by atoms with E-state index in [0.717, 1.165) is 29.9 Å². The molecule has 1 unspecified atom stereocenters. The second kappa shape index (κ2) is 6.45. The Morgan fingerprint density at radius 1 is 1.26 bits per heavy atom. The molecule has 6 heteroatoms. The van der Waals surface area contributed by atoms with Crippen LogP contribution < -0.4 is 0 Å². The first-order valence-electron chi connectivity index (χ1n) is 8.10. The van der Waals surface area contributed by atoms with Crippen molar-refractivity contribution in [1.82, 2.24) is 13.9 Å². The number of aromatic nitrogens is 2. The lowest BCUT2D eigenvalue weighted by Crippen LogP contribution is -2.41. The summed E-state index contributed by atoms with van der Waals surface area (Å²) in [5.74, 6) is 1.08. The van der Waals surface area contributed by atoms with Gasteiger partial charge in [-0.15, -0.1) is 0 Å². The molecule has 0 bridgehead atoms. The van der Waals surface area contributed by atoms with Gasteiger partial charge in [-0.3, -0.25) is 0 Å². The summed E-state index contributed by atoms with van der Waals surface area (Å²) >= 11 is 0. The summed E-state index contributed by atoms with van der Waals surface area (Å²) in [4.78, 5) is 4.56. The first kappa shape index (κ1) is 16.2. The molecule has 0 spiro atoms. The predicted octanol–water partition coefficient (Wildman–Crippen LogP) is 2.85. The van der Waals surface area contributed by atoms with Crippen molar-refractivity contribution in [2.24, 2.45) is 0 Å². The Balaban J connectivity index is 1.95. The first-order valence-corrected chi connectivity index (χ1v) is 9.71. The Morgan fingerprint density at radius 3 is 2.70 bits per heavy atom. The predicted molar refractivity (Wildman–Crippen MR) is 91.7 cm³/mol. The van der Waals surface area contributed by atoms with Gasteiger partial charge in [0.15, 0.2) is 0 Å². The molecule has 0 saturated carbocycles. The number of benzene rings is 1. The van der Waals surface area contributed by atoms with Crippen molar-refractivity contribution in [2.75, 3.05) is 18.8 Å². The molecule has 1 aromatic carbocycles. The van der Waals surface area contributed by atoms with Crippen molar-refractivity contribution in [3.05, 3.63) is 42.2 Å². The largest absolute Gasteiger partial charge is 0.324 e. The Kier molecular flexibility index (Phi) is 4.55. The average molecular weight is 333 g/mol. The highest BCUT2D eigenvalue weighted by molar-refractivity contribution is 7.89. The number of imidazole rings is 1. The topological polar surface area (TPSA) is 55.2 Å². The van der Waals surface area contributed by atoms with Crippen molar-refractivity contribution >= 4 is 10.0 Å². The zero-order valence-electron chi connectivity index (χ0n) is 13.6. The fourth-order valence-corrected chi connectivity index (χ4v) is 4.45. The summed E-state index contributed by atoms with van der Waals surface area (Å²) in [5.41, 5.74) is 2.14. The van der Waals surface area contributed by atoms with Crippen LogP contribution in [0, 0.1) is 6.92 Å². The van der Waals surface area contributed by atoms with Crippen LogP contribution in [-0.4, -0.2) is 41.1 Å². The Morgan fingerprint density at radius 2 is 2.00 bits per heavy atom. The smallest absolute Gasteiger partial charge is 0.213 e. The minimum Gasteiger partial charge on any atom is -0.324 e. The van der Waals surface area contributed by atoms with Gasteiger partial charge in [0.1, 0.15) is 5.82 Å². The third-order valence-corrected chi connectivity index (χ3v) is 6.34. The molecule has 1 aromatic heterocycles. The molecule has 124 valence electrons. The molecule has 23 heavy (non-hydrogen) atoms. The lowest BCUT2D eigenvalue weighted by atomic mass is 10.1. The molecule has 0 aliphatic carbocycles. The quantitative estimate of drug-likeness (QED) is 0.864. The second-order valence-electron chi connectivity index (χ2n) is 6.01. The van der Waals surface area contributed by atoms with E-state index in [1.165, 1.54) is 0 Å². The molecule has 2 heterocycles. The summed E-state index contributed by atoms with van der Waals surface area (Å²) in [7, 11) is -3.14. The summed E-state index contributed by atoms with van der Waals surface area (Å²) in [6.45, 7) is 4.90. The molecule has 1 atom stereocenters. The van der Waals surface area contributed by atoms with Crippen LogP contribution in [-0.2, 0) is 10.0 Å². The third-order valence-electron chi connectivity index (χ3n) is 4.50. The highest BCUT2D eigenvalue weighted by Crippen LogP contribution is 2.30. The fourth-order valence-electron chi connectivity index (χ4n) is 3.27. The number of sulfonamides is 1. The summed E-state index contributed by atoms with van der Waals surface area (Å²) in [6.07, 6.45) is 3.73. The maximum Gasteiger partial charge on any atom is 0.213 e. The highest BCUT2D eigenvalue weighted by atomic mass is 32.2. The van der Waals surface area contributed by atoms with E-state index in [-0.39, 0.29) is 11.8 Å². The molecule has 5 nitrogen and oxygen atoms in total.